The second kappa shape index (κ2) is 21.9. The van der Waals surface area contributed by atoms with Crippen LogP contribution in [0.2, 0.25) is 0 Å². The number of carboxylic acids is 1. The van der Waals surface area contributed by atoms with Crippen molar-refractivity contribution in [3.05, 3.63) is 0 Å². The van der Waals surface area contributed by atoms with E-state index in [1.54, 1.807) is 46.4 Å². The summed E-state index contributed by atoms with van der Waals surface area (Å²) in [6, 6.07) is -5.01. The maximum Gasteiger partial charge on any atom is 0.408 e. The molecule has 6 aliphatic rings. The standard InChI is InChI=1S/C28H47N3O6.C27H45N3O6/c1-26(2,3)21(23(33)31-15-17-18(28(17,7)8)20(31)24(34)36-9)30-22(32)19(16-13-11-10-12-14-16)29-25(35)37-27(4,5)6;1-25(2,3)20(22(32)30-14-16-17(27(16,7)8)19(30)23(33)34)29-21(31)18(15-12-10-9-11-13-15)28-24(35)36-26(4,5)6/h16-21H,10-15H2,1-9H3,(H,29,35)(H,30,32);15-20H,9-14H2,1-8H3,(H,28,35)(H,29,31)(H,33,34)/t17-,18-,19-,20-,21+;16-,17-,18-,19-,20+/m00/s1. The Hall–Kier alpha value is -4.64. The van der Waals surface area contributed by atoms with Crippen molar-refractivity contribution < 1.29 is 57.7 Å². The summed E-state index contributed by atoms with van der Waals surface area (Å²) in [7, 11) is 1.34. The topological polar surface area (TPSA) is 239 Å². The Morgan fingerprint density at radius 2 is 0.849 bits per heavy atom. The summed E-state index contributed by atoms with van der Waals surface area (Å²) < 4.78 is 15.9. The van der Waals surface area contributed by atoms with Crippen LogP contribution < -0.4 is 21.3 Å². The molecule has 0 radical (unpaired) electrons. The molecule has 10 atom stereocenters. The maximum atomic E-state index is 13.9. The molecule has 0 spiro atoms. The number of piperidine rings is 2. The van der Waals surface area contributed by atoms with Crippen LogP contribution >= 0.6 is 0 Å². The average molecular weight is 1030 g/mol. The van der Waals surface area contributed by atoms with E-state index in [1.807, 2.05) is 55.4 Å². The zero-order chi connectivity index (χ0) is 55.1. The number of fused-ring (bicyclic) bond motifs is 2. The van der Waals surface area contributed by atoms with Crippen molar-refractivity contribution in [1.82, 2.24) is 31.1 Å². The number of nitrogens with zero attached hydrogens (tertiary/aromatic N) is 2. The van der Waals surface area contributed by atoms with Crippen LogP contribution in [0, 0.1) is 57.2 Å². The molecule has 18 heteroatoms. The van der Waals surface area contributed by atoms with E-state index in [9.17, 15) is 43.5 Å². The number of hydrogen-bond donors (Lipinski definition) is 5. The van der Waals surface area contributed by atoms with E-state index in [4.69, 9.17) is 14.2 Å². The fourth-order valence-corrected chi connectivity index (χ4v) is 12.4. The number of carbonyl (C=O) groups excluding carboxylic acids is 7. The normalized spacial score (nSPS) is 27.2. The van der Waals surface area contributed by atoms with Crippen LogP contribution in [-0.4, -0.2) is 130 Å². The van der Waals surface area contributed by atoms with Crippen LogP contribution in [0.4, 0.5) is 9.59 Å². The van der Waals surface area contributed by atoms with E-state index in [1.165, 1.54) is 12.0 Å². The van der Waals surface area contributed by atoms with Crippen molar-refractivity contribution in [2.24, 2.45) is 57.2 Å². The Kier molecular flexibility index (Phi) is 17.8. The zero-order valence-corrected chi connectivity index (χ0v) is 47.2. The maximum absolute atomic E-state index is 13.9. The summed E-state index contributed by atoms with van der Waals surface area (Å²) in [6.45, 7) is 31.0. The van der Waals surface area contributed by atoms with E-state index in [0.717, 1.165) is 64.2 Å². The predicted octanol–water partition coefficient (Wildman–Crippen LogP) is 7.21. The van der Waals surface area contributed by atoms with Gasteiger partial charge in [-0.25, -0.2) is 19.2 Å². The summed E-state index contributed by atoms with van der Waals surface area (Å²) in [4.78, 5) is 108. The number of rotatable bonds is 12. The van der Waals surface area contributed by atoms with Gasteiger partial charge in [0.2, 0.25) is 23.6 Å². The van der Waals surface area contributed by atoms with Gasteiger partial charge in [-0.3, -0.25) is 19.2 Å². The van der Waals surface area contributed by atoms with Crippen LogP contribution in [0.3, 0.4) is 0 Å². The molecule has 73 heavy (non-hydrogen) atoms. The second-order valence-corrected chi connectivity index (χ2v) is 27.3. The van der Waals surface area contributed by atoms with Gasteiger partial charge >= 0.3 is 24.1 Å². The first-order chi connectivity index (χ1) is 33.4. The number of esters is 1. The Morgan fingerprint density at radius 1 is 0.521 bits per heavy atom. The Balaban J connectivity index is 0.000000271. The molecule has 6 amide bonds. The summed E-state index contributed by atoms with van der Waals surface area (Å²) in [6.07, 6.45) is 8.02. The molecule has 0 aromatic rings. The lowest BCUT2D eigenvalue weighted by molar-refractivity contribution is -0.155. The quantitative estimate of drug-likeness (QED) is 0.0963. The lowest BCUT2D eigenvalue weighted by Gasteiger charge is -2.38. The van der Waals surface area contributed by atoms with Gasteiger partial charge in [-0.15, -0.1) is 0 Å². The van der Waals surface area contributed by atoms with Crippen LogP contribution in [-0.2, 0) is 43.0 Å². The van der Waals surface area contributed by atoms with E-state index in [0.29, 0.717) is 13.1 Å². The SMILES string of the molecule is CC(C)(C)OC(=O)N[C@H](C(=O)N[C@H](C(=O)N1C[C@H]2[C@@H]([C@H]1C(=O)O)C2(C)C)C(C)(C)C)C1CCCCC1.COC(=O)[C@@H]1[C@@H]2[C@H](CN1C(=O)[C@@H](NC(=O)[C@@H](NC(=O)OC(C)(C)C)C1CCCCC1)C(C)(C)C)C2(C)C. The van der Waals surface area contributed by atoms with Crippen molar-refractivity contribution in [3.8, 4) is 0 Å². The number of carbonyl (C=O) groups is 8. The molecular formula is C55H92N6O12. The Morgan fingerprint density at radius 3 is 1.15 bits per heavy atom. The highest BCUT2D eigenvalue weighted by atomic mass is 16.6. The van der Waals surface area contributed by atoms with Gasteiger partial charge in [-0.1, -0.05) is 108 Å². The van der Waals surface area contributed by atoms with E-state index >= 15 is 0 Å². The predicted molar refractivity (Wildman–Crippen MR) is 274 cm³/mol. The van der Waals surface area contributed by atoms with Crippen LogP contribution in [0.1, 0.15) is 175 Å². The van der Waals surface area contributed by atoms with Crippen LogP contribution in [0.5, 0.6) is 0 Å². The van der Waals surface area contributed by atoms with Crippen molar-refractivity contribution in [1.29, 1.82) is 0 Å². The molecule has 2 saturated heterocycles. The summed E-state index contributed by atoms with van der Waals surface area (Å²) >= 11 is 0. The summed E-state index contributed by atoms with van der Waals surface area (Å²) in [5.41, 5.74) is -2.84. The van der Waals surface area contributed by atoms with Gasteiger partial charge in [0.15, 0.2) is 0 Å². The summed E-state index contributed by atoms with van der Waals surface area (Å²) in [5.74, 6) is -2.71. The molecule has 0 aromatic heterocycles. The summed E-state index contributed by atoms with van der Waals surface area (Å²) in [5, 5.41) is 21.4. The fraction of sp³-hybridized carbons (Fsp3) is 0.855. The first kappa shape index (κ1) is 59.2. The smallest absolute Gasteiger partial charge is 0.408 e. The van der Waals surface area contributed by atoms with Crippen molar-refractivity contribution in [2.45, 2.75) is 222 Å². The molecule has 4 aliphatic carbocycles. The minimum absolute atomic E-state index is 0.0282. The number of methoxy groups -OCH3 is 1. The van der Waals surface area contributed by atoms with Gasteiger partial charge in [-0.05, 0) is 113 Å². The molecular weight excluding hydrogens is 937 g/mol. The molecule has 0 unspecified atom stereocenters. The molecule has 414 valence electrons. The number of nitrogens with one attached hydrogen (secondary N) is 4. The van der Waals surface area contributed by atoms with Crippen LogP contribution in [0.15, 0.2) is 0 Å². The van der Waals surface area contributed by atoms with E-state index in [-0.39, 0.29) is 58.2 Å². The molecule has 6 rings (SSSR count). The van der Waals surface area contributed by atoms with Crippen LogP contribution in [0.25, 0.3) is 0 Å². The first-order valence-corrected chi connectivity index (χ1v) is 26.9. The average Bonchev–Trinajstić information content (AvgIpc) is 3.71. The Bertz CT molecular complexity index is 2070. The highest BCUT2D eigenvalue weighted by Crippen LogP contribution is 2.66. The van der Waals surface area contributed by atoms with Gasteiger partial charge in [-0.2, -0.15) is 0 Å². The minimum Gasteiger partial charge on any atom is -0.480 e. The molecule has 2 heterocycles. The monoisotopic (exact) mass is 1030 g/mol. The van der Waals surface area contributed by atoms with Crippen molar-refractivity contribution in [3.63, 3.8) is 0 Å². The number of carboxylic acid groups (broad SMARTS) is 1. The third-order valence-corrected chi connectivity index (χ3v) is 16.6. The van der Waals surface area contributed by atoms with Gasteiger partial charge in [0.25, 0.3) is 0 Å². The number of ether oxygens (including phenoxy) is 3. The van der Waals surface area contributed by atoms with Gasteiger partial charge in [0.1, 0.15) is 47.5 Å². The largest absolute Gasteiger partial charge is 0.480 e. The molecule has 18 nitrogen and oxygen atoms in total. The van der Waals surface area contributed by atoms with E-state index in [2.05, 4.69) is 35.1 Å². The number of hydrogen-bond acceptors (Lipinski definition) is 11. The second-order valence-electron chi connectivity index (χ2n) is 27.3. The molecule has 4 saturated carbocycles. The molecule has 0 bridgehead atoms. The lowest BCUT2D eigenvalue weighted by Crippen LogP contribution is -2.61. The fourth-order valence-electron chi connectivity index (χ4n) is 12.4. The molecule has 2 aliphatic heterocycles. The van der Waals surface area contributed by atoms with Crippen molar-refractivity contribution >= 4 is 47.8 Å². The lowest BCUT2D eigenvalue weighted by atomic mass is 9.82. The highest BCUT2D eigenvalue weighted by Gasteiger charge is 2.71. The Labute approximate surface area is 435 Å². The third kappa shape index (κ3) is 14.0. The number of alkyl carbamates (subject to hydrolysis) is 2. The number of likely N-dealkylation sites (tertiary alicyclic amines) is 2. The molecule has 5 N–H and O–H groups in total. The highest BCUT2D eigenvalue weighted by molar-refractivity contribution is 5.95. The number of amides is 6. The van der Waals surface area contributed by atoms with Crippen molar-refractivity contribution in [2.75, 3.05) is 20.2 Å². The number of aliphatic carboxylic acids is 1. The molecule has 6 fully saturated rings. The van der Waals surface area contributed by atoms with Gasteiger partial charge < -0.3 is 50.4 Å². The molecule has 0 aromatic carbocycles. The van der Waals surface area contributed by atoms with E-state index < -0.39 is 94.2 Å². The van der Waals surface area contributed by atoms with Gasteiger partial charge in [0.05, 0.1) is 7.11 Å². The zero-order valence-electron chi connectivity index (χ0n) is 47.2. The first-order valence-electron chi connectivity index (χ1n) is 26.9. The van der Waals surface area contributed by atoms with Gasteiger partial charge in [0, 0.05) is 24.9 Å². The third-order valence-electron chi connectivity index (χ3n) is 16.6. The minimum atomic E-state index is -1.01.